The zero-order chi connectivity index (χ0) is 37.4. The summed E-state index contributed by atoms with van der Waals surface area (Å²) in [6.45, 7) is 10.8. The molecule has 6 rings (SSSR count). The van der Waals surface area contributed by atoms with Gasteiger partial charge in [0.05, 0.1) is 18.7 Å². The van der Waals surface area contributed by atoms with Crippen LogP contribution in [0.15, 0.2) is 51.2 Å². The minimum Gasteiger partial charge on any atom is -0.480 e. The van der Waals surface area contributed by atoms with Gasteiger partial charge < -0.3 is 24.8 Å². The van der Waals surface area contributed by atoms with Crippen LogP contribution >= 0.6 is 22.7 Å². The molecule has 11 nitrogen and oxygen atoms in total. The van der Waals surface area contributed by atoms with Gasteiger partial charge in [-0.1, -0.05) is 27.7 Å². The predicted molar refractivity (Wildman–Crippen MR) is 204 cm³/mol. The second kappa shape index (κ2) is 14.7. The van der Waals surface area contributed by atoms with Crippen molar-refractivity contribution in [2.75, 3.05) is 44.2 Å². The highest BCUT2D eigenvalue weighted by Gasteiger charge is 2.42. The van der Waals surface area contributed by atoms with Crippen LogP contribution in [0.2, 0.25) is 0 Å². The van der Waals surface area contributed by atoms with Gasteiger partial charge in [-0.15, -0.1) is 22.7 Å². The van der Waals surface area contributed by atoms with E-state index >= 15 is 0 Å². The summed E-state index contributed by atoms with van der Waals surface area (Å²) in [4.78, 5) is 55.5. The van der Waals surface area contributed by atoms with Gasteiger partial charge in [0.25, 0.3) is 5.91 Å². The Morgan fingerprint density at radius 1 is 0.962 bits per heavy atom. The molecule has 3 aromatic heterocycles. The van der Waals surface area contributed by atoms with Crippen molar-refractivity contribution in [2.24, 2.45) is 0 Å². The van der Waals surface area contributed by atoms with Gasteiger partial charge in [-0.25, -0.2) is 4.79 Å². The van der Waals surface area contributed by atoms with Crippen molar-refractivity contribution in [1.82, 2.24) is 10.2 Å². The van der Waals surface area contributed by atoms with Crippen molar-refractivity contribution in [3.8, 4) is 26.3 Å². The van der Waals surface area contributed by atoms with E-state index in [-0.39, 0.29) is 48.2 Å². The van der Waals surface area contributed by atoms with Crippen LogP contribution in [0.5, 0.6) is 0 Å². The largest absolute Gasteiger partial charge is 0.480 e. The number of amides is 1. The highest BCUT2D eigenvalue weighted by molar-refractivity contribution is 7.24. The summed E-state index contributed by atoms with van der Waals surface area (Å²) in [5.74, 6) is -2.75. The Hall–Kier alpha value is -4.77. The van der Waals surface area contributed by atoms with E-state index in [9.17, 15) is 24.4 Å². The van der Waals surface area contributed by atoms with Crippen LogP contribution in [-0.2, 0) is 25.2 Å². The molecule has 0 unspecified atom stereocenters. The second-order valence-electron chi connectivity index (χ2n) is 14.8. The van der Waals surface area contributed by atoms with Gasteiger partial charge in [0.2, 0.25) is 0 Å². The standard InChI is InChI=1S/C39H42N4O7S2/c1-38(2)11-15-43-16-12-39(3,4)33-34(43)27(38)19-23-18-26(37(49)50-35(23)33)28-9-10-30(52-28)29-8-7-25(51-29)17-24(20-40)36(48)41-13-5-6-14-42(21-31(44)45)22-32(46)47/h7-10,17-19H,5-6,11-16,21-22H2,1-4H3,(H,41,48)(H,44,45)(H,46,47)/b24-17+. The van der Waals surface area contributed by atoms with Crippen LogP contribution in [0.3, 0.4) is 0 Å². The van der Waals surface area contributed by atoms with Gasteiger partial charge in [-0.05, 0) is 91.1 Å². The van der Waals surface area contributed by atoms with Crippen LogP contribution in [0.25, 0.3) is 37.2 Å². The average Bonchev–Trinajstić information content (AvgIpc) is 3.75. The lowest BCUT2D eigenvalue weighted by Gasteiger charge is -2.48. The zero-order valence-corrected chi connectivity index (χ0v) is 31.3. The first kappa shape index (κ1) is 37.0. The summed E-state index contributed by atoms with van der Waals surface area (Å²) in [6, 6.07) is 13.8. The third-order valence-corrected chi connectivity index (χ3v) is 12.4. The number of hydrogen-bond acceptors (Lipinski definition) is 10. The number of fused-ring (bicyclic) bond motifs is 2. The number of nitrogens with zero attached hydrogens (tertiary/aromatic N) is 3. The summed E-state index contributed by atoms with van der Waals surface area (Å²) < 4.78 is 6.20. The Morgan fingerprint density at radius 3 is 2.31 bits per heavy atom. The molecule has 13 heteroatoms. The molecule has 2 aliphatic heterocycles. The molecule has 0 radical (unpaired) electrons. The van der Waals surface area contributed by atoms with Crippen LogP contribution in [0.4, 0.5) is 5.69 Å². The van der Waals surface area contributed by atoms with Gasteiger partial charge in [0.1, 0.15) is 17.2 Å². The summed E-state index contributed by atoms with van der Waals surface area (Å²) in [5.41, 5.74) is 4.35. The first-order valence-electron chi connectivity index (χ1n) is 17.3. The molecule has 272 valence electrons. The number of hydrogen-bond donors (Lipinski definition) is 3. The summed E-state index contributed by atoms with van der Waals surface area (Å²) in [7, 11) is 0. The number of nitrogens with one attached hydrogen (secondary N) is 1. The lowest BCUT2D eigenvalue weighted by molar-refractivity contribution is -0.141. The van der Waals surface area contributed by atoms with E-state index in [0.717, 1.165) is 56.4 Å². The summed E-state index contributed by atoms with van der Waals surface area (Å²) in [5, 5.41) is 31.3. The molecule has 0 spiro atoms. The van der Waals surface area contributed by atoms with Gasteiger partial charge >= 0.3 is 17.6 Å². The van der Waals surface area contributed by atoms with Gasteiger partial charge in [0.15, 0.2) is 0 Å². The third-order valence-electron chi connectivity index (χ3n) is 10.0. The minimum absolute atomic E-state index is 0.00365. The van der Waals surface area contributed by atoms with Crippen molar-refractivity contribution in [3.05, 3.63) is 68.4 Å². The first-order valence-corrected chi connectivity index (χ1v) is 19.0. The van der Waals surface area contributed by atoms with Gasteiger partial charge in [0, 0.05) is 55.8 Å². The highest BCUT2D eigenvalue weighted by atomic mass is 32.1. The molecule has 0 atom stereocenters. The van der Waals surface area contributed by atoms with E-state index in [0.29, 0.717) is 24.0 Å². The Kier molecular flexibility index (Phi) is 10.5. The molecule has 0 aliphatic carbocycles. The molecule has 1 aromatic carbocycles. The van der Waals surface area contributed by atoms with Crippen molar-refractivity contribution in [2.45, 2.75) is 64.2 Å². The van der Waals surface area contributed by atoms with E-state index in [1.165, 1.54) is 44.9 Å². The Bertz CT molecular complexity index is 2170. The summed E-state index contributed by atoms with van der Waals surface area (Å²) >= 11 is 2.92. The Labute approximate surface area is 309 Å². The van der Waals surface area contributed by atoms with Crippen LogP contribution in [-0.4, -0.2) is 72.2 Å². The molecule has 5 heterocycles. The maximum atomic E-state index is 13.6. The van der Waals surface area contributed by atoms with Crippen molar-refractivity contribution >= 4 is 63.3 Å². The smallest absolute Gasteiger partial charge is 0.345 e. The monoisotopic (exact) mass is 742 g/mol. The highest BCUT2D eigenvalue weighted by Crippen LogP contribution is 2.52. The molecule has 52 heavy (non-hydrogen) atoms. The molecule has 4 aromatic rings. The predicted octanol–water partition coefficient (Wildman–Crippen LogP) is 6.69. The lowest BCUT2D eigenvalue weighted by atomic mass is 9.69. The van der Waals surface area contributed by atoms with Gasteiger partial charge in [-0.2, -0.15) is 5.26 Å². The molecular weight excluding hydrogens is 701 g/mol. The number of carboxylic acid groups (broad SMARTS) is 2. The zero-order valence-electron chi connectivity index (χ0n) is 29.7. The molecule has 0 fully saturated rings. The number of aliphatic carboxylic acids is 2. The molecule has 3 N–H and O–H groups in total. The lowest BCUT2D eigenvalue weighted by Crippen LogP contribution is -2.44. The molecule has 0 saturated carbocycles. The first-order chi connectivity index (χ1) is 24.7. The van der Waals surface area contributed by atoms with Crippen molar-refractivity contribution in [3.63, 3.8) is 0 Å². The Morgan fingerprint density at radius 2 is 1.62 bits per heavy atom. The van der Waals surface area contributed by atoms with E-state index in [2.05, 4.69) is 44.0 Å². The normalized spacial score (nSPS) is 16.1. The van der Waals surface area contributed by atoms with Crippen LogP contribution in [0, 0.1) is 11.3 Å². The fraction of sp³-hybridized carbons (Fsp3) is 0.410. The number of benzene rings is 1. The number of unbranched alkanes of at least 4 members (excludes halogenated alkanes) is 1. The minimum atomic E-state index is -1.11. The molecule has 0 saturated heterocycles. The maximum absolute atomic E-state index is 13.6. The number of carbonyl (C=O) groups excluding carboxylic acids is 1. The maximum Gasteiger partial charge on any atom is 0.345 e. The fourth-order valence-corrected chi connectivity index (χ4v) is 9.20. The molecule has 1 amide bonds. The number of carboxylic acids is 2. The van der Waals surface area contributed by atoms with Crippen molar-refractivity contribution in [1.29, 1.82) is 5.26 Å². The number of rotatable bonds is 13. The molecule has 2 aliphatic rings. The number of carbonyl (C=O) groups is 3. The van der Waals surface area contributed by atoms with E-state index in [1.807, 2.05) is 36.4 Å². The Balaban J connectivity index is 1.17. The van der Waals surface area contributed by atoms with Crippen molar-refractivity contribution < 1.29 is 29.0 Å². The second-order valence-corrected chi connectivity index (χ2v) is 17.0. The fourth-order valence-electron chi connectivity index (χ4n) is 7.15. The molecule has 0 bridgehead atoms. The number of nitriles is 1. The molecular formula is C39H42N4O7S2. The third kappa shape index (κ3) is 7.70. The van der Waals surface area contributed by atoms with Gasteiger partial charge in [-0.3, -0.25) is 19.3 Å². The number of anilines is 1. The number of thiophene rings is 2. The van der Waals surface area contributed by atoms with E-state index < -0.39 is 17.8 Å². The quantitative estimate of drug-likeness (QED) is 0.0582. The van der Waals surface area contributed by atoms with Crippen LogP contribution in [0.1, 0.15) is 69.4 Å². The SMILES string of the molecule is CC1(C)CCN2CCC(C)(C)c3c2c1cc1cc(-c2ccc(-c4ccc(/C=C(\C#N)C(=O)NCCCCN(CC(=O)O)CC(=O)O)s4)s2)c(=O)oc31. The topological polar surface area (TPSA) is 164 Å². The summed E-state index contributed by atoms with van der Waals surface area (Å²) in [6.07, 6.45) is 4.55. The average molecular weight is 743 g/mol. The van der Waals surface area contributed by atoms with E-state index in [4.69, 9.17) is 14.6 Å². The van der Waals surface area contributed by atoms with Crippen LogP contribution < -0.4 is 15.8 Å². The van der Waals surface area contributed by atoms with E-state index in [1.54, 1.807) is 0 Å².